The van der Waals surface area contributed by atoms with E-state index in [4.69, 9.17) is 11.1 Å². The number of amidine groups is 1. The number of amides is 4. The summed E-state index contributed by atoms with van der Waals surface area (Å²) in [6.45, 7) is 1.74. The summed E-state index contributed by atoms with van der Waals surface area (Å²) in [4.78, 5) is 40.0. The van der Waals surface area contributed by atoms with E-state index in [2.05, 4.69) is 0 Å². The number of nitrogens with two attached hydrogens (primary N) is 1. The fourth-order valence-electron chi connectivity index (χ4n) is 2.69. The van der Waals surface area contributed by atoms with Gasteiger partial charge in [-0.15, -0.1) is 17.0 Å². The molecule has 1 aliphatic rings. The first-order chi connectivity index (χ1) is 10.9. The molecule has 1 unspecified atom stereocenters. The van der Waals surface area contributed by atoms with Gasteiger partial charge in [-0.1, -0.05) is 49.0 Å². The summed E-state index contributed by atoms with van der Waals surface area (Å²) in [5, 5.41) is 7.05. The van der Waals surface area contributed by atoms with Crippen molar-refractivity contribution in [3.05, 3.63) is 35.9 Å². The van der Waals surface area contributed by atoms with Gasteiger partial charge < -0.3 is 5.73 Å². The second-order valence-corrected chi connectivity index (χ2v) is 6.13. The predicted molar refractivity (Wildman–Crippen MR) is 98.1 cm³/mol. The molecule has 0 aromatic heterocycles. The van der Waals surface area contributed by atoms with E-state index < -0.39 is 23.3 Å². The highest BCUT2D eigenvalue weighted by atomic mass is 79.9. The number of thioether (sulfide) groups is 1. The number of likely N-dealkylation sites (N-methyl/N-ethyl adjacent to an activating group) is 1. The van der Waals surface area contributed by atoms with Gasteiger partial charge in [0.25, 0.3) is 11.8 Å². The maximum Gasteiger partial charge on any atom is 0.333 e. The molecule has 130 valence electrons. The molecule has 7 nitrogen and oxygen atoms in total. The van der Waals surface area contributed by atoms with Crippen LogP contribution in [0.25, 0.3) is 0 Å². The van der Waals surface area contributed by atoms with Crippen LogP contribution in [0.4, 0.5) is 4.79 Å². The lowest BCUT2D eigenvalue weighted by Crippen LogP contribution is -2.66. The Morgan fingerprint density at radius 1 is 1.21 bits per heavy atom. The summed E-state index contributed by atoms with van der Waals surface area (Å²) < 4.78 is 0. The van der Waals surface area contributed by atoms with Crippen molar-refractivity contribution in [2.75, 3.05) is 12.9 Å². The standard InChI is InChI=1S/C15H18N4O3S.BrH/c1-3-15(10-7-5-4-6-8-10)11(20)18(2)14(22)19(12(15)21)9-23-13(16)17;/h4-8H,3,9H2,1-2H3,(H3,16,17);1H. The van der Waals surface area contributed by atoms with E-state index in [9.17, 15) is 14.4 Å². The highest BCUT2D eigenvalue weighted by molar-refractivity contribution is 8.93. The number of benzene rings is 1. The fourth-order valence-corrected chi connectivity index (χ4v) is 3.18. The summed E-state index contributed by atoms with van der Waals surface area (Å²) in [6, 6.07) is 8.01. The van der Waals surface area contributed by atoms with Crippen molar-refractivity contribution in [1.82, 2.24) is 9.80 Å². The van der Waals surface area contributed by atoms with Crippen LogP contribution in [0.2, 0.25) is 0 Å². The fraction of sp³-hybridized carbons (Fsp3) is 0.333. The summed E-state index contributed by atoms with van der Waals surface area (Å²) in [7, 11) is 1.36. The Hall–Kier alpha value is -1.87. The minimum Gasteiger partial charge on any atom is -0.379 e. The van der Waals surface area contributed by atoms with Crippen LogP contribution in [0, 0.1) is 5.41 Å². The molecule has 24 heavy (non-hydrogen) atoms. The lowest BCUT2D eigenvalue weighted by atomic mass is 9.74. The number of nitrogens with one attached hydrogen (secondary N) is 1. The Balaban J connectivity index is 0.00000288. The van der Waals surface area contributed by atoms with Gasteiger partial charge in [0.1, 0.15) is 0 Å². The monoisotopic (exact) mass is 414 g/mol. The van der Waals surface area contributed by atoms with Gasteiger partial charge in [0.15, 0.2) is 10.6 Å². The summed E-state index contributed by atoms with van der Waals surface area (Å²) in [5.41, 5.74) is 4.41. The SMILES string of the molecule is Br.CCC1(c2ccccc2)C(=O)N(C)C(=O)N(CSC(=N)N)C1=O. The molecule has 0 bridgehead atoms. The van der Waals surface area contributed by atoms with E-state index in [0.717, 1.165) is 21.6 Å². The van der Waals surface area contributed by atoms with Gasteiger partial charge in [-0.25, -0.2) is 4.79 Å². The molecule has 1 fully saturated rings. The zero-order valence-corrected chi connectivity index (χ0v) is 15.8. The number of rotatable bonds is 4. The number of urea groups is 1. The van der Waals surface area contributed by atoms with Gasteiger partial charge in [0.05, 0.1) is 5.88 Å². The number of hydrogen-bond acceptors (Lipinski definition) is 5. The molecule has 1 aliphatic heterocycles. The van der Waals surface area contributed by atoms with Crippen molar-refractivity contribution in [3.63, 3.8) is 0 Å². The average molecular weight is 415 g/mol. The molecule has 0 aliphatic carbocycles. The first-order valence-corrected chi connectivity index (χ1v) is 8.01. The van der Waals surface area contributed by atoms with Crippen molar-refractivity contribution in [3.8, 4) is 0 Å². The van der Waals surface area contributed by atoms with Crippen LogP contribution in [0.15, 0.2) is 30.3 Å². The van der Waals surface area contributed by atoms with Crippen LogP contribution in [0.3, 0.4) is 0 Å². The van der Waals surface area contributed by atoms with Crippen LogP contribution in [-0.2, 0) is 15.0 Å². The van der Waals surface area contributed by atoms with Gasteiger partial charge >= 0.3 is 6.03 Å². The van der Waals surface area contributed by atoms with Gasteiger partial charge in [-0.2, -0.15) is 0 Å². The molecule has 2 rings (SSSR count). The third-order valence-electron chi connectivity index (χ3n) is 3.94. The maximum atomic E-state index is 13.0. The normalized spacial score (nSPS) is 20.8. The minimum atomic E-state index is -1.43. The zero-order chi connectivity index (χ0) is 17.2. The van der Waals surface area contributed by atoms with Crippen LogP contribution in [-0.4, -0.2) is 45.7 Å². The molecule has 4 amide bonds. The number of carbonyl (C=O) groups is 3. The number of carbonyl (C=O) groups excluding carboxylic acids is 3. The summed E-state index contributed by atoms with van der Waals surface area (Å²) in [5.74, 6) is -1.21. The topological polar surface area (TPSA) is 108 Å². The first kappa shape index (κ1) is 20.2. The highest BCUT2D eigenvalue weighted by Gasteiger charge is 2.56. The molecule has 0 radical (unpaired) electrons. The molecule has 1 aromatic carbocycles. The molecule has 0 saturated carbocycles. The van der Waals surface area contributed by atoms with Crippen molar-refractivity contribution in [1.29, 1.82) is 5.41 Å². The first-order valence-electron chi connectivity index (χ1n) is 7.02. The number of halogens is 1. The van der Waals surface area contributed by atoms with E-state index in [1.807, 2.05) is 0 Å². The van der Waals surface area contributed by atoms with Crippen molar-refractivity contribution < 1.29 is 14.4 Å². The quantitative estimate of drug-likeness (QED) is 0.444. The van der Waals surface area contributed by atoms with E-state index in [-0.39, 0.29) is 34.4 Å². The Morgan fingerprint density at radius 2 is 1.79 bits per heavy atom. The molecule has 3 N–H and O–H groups in total. The Labute approximate surface area is 154 Å². The second kappa shape index (κ2) is 7.80. The molecular formula is C15H19BrN4O3S. The summed E-state index contributed by atoms with van der Waals surface area (Å²) in [6.07, 6.45) is 0.230. The minimum absolute atomic E-state index is 0. The van der Waals surface area contributed by atoms with Crippen LogP contribution >= 0.6 is 28.7 Å². The van der Waals surface area contributed by atoms with Crippen molar-refractivity contribution in [2.45, 2.75) is 18.8 Å². The number of nitrogens with zero attached hydrogens (tertiary/aromatic N) is 2. The molecule has 1 heterocycles. The molecular weight excluding hydrogens is 396 g/mol. The lowest BCUT2D eigenvalue weighted by molar-refractivity contribution is -0.151. The molecule has 0 spiro atoms. The van der Waals surface area contributed by atoms with Crippen molar-refractivity contribution in [2.24, 2.45) is 5.73 Å². The van der Waals surface area contributed by atoms with E-state index in [1.54, 1.807) is 37.3 Å². The highest BCUT2D eigenvalue weighted by Crippen LogP contribution is 2.36. The summed E-state index contributed by atoms with van der Waals surface area (Å²) >= 11 is 0.862. The smallest absolute Gasteiger partial charge is 0.333 e. The lowest BCUT2D eigenvalue weighted by Gasteiger charge is -2.42. The van der Waals surface area contributed by atoms with Gasteiger partial charge in [0, 0.05) is 7.05 Å². The van der Waals surface area contributed by atoms with E-state index >= 15 is 0 Å². The van der Waals surface area contributed by atoms with Gasteiger partial charge in [-0.05, 0) is 12.0 Å². The average Bonchev–Trinajstić information content (AvgIpc) is 2.54. The Bertz CT molecular complexity index is 670. The molecule has 1 atom stereocenters. The third kappa shape index (κ3) is 3.18. The van der Waals surface area contributed by atoms with Crippen LogP contribution < -0.4 is 5.73 Å². The third-order valence-corrected chi connectivity index (χ3v) is 4.64. The largest absolute Gasteiger partial charge is 0.379 e. The van der Waals surface area contributed by atoms with Crippen LogP contribution in [0.5, 0.6) is 0 Å². The van der Waals surface area contributed by atoms with Crippen molar-refractivity contribution >= 4 is 51.8 Å². The maximum absolute atomic E-state index is 13.0. The second-order valence-electron chi connectivity index (χ2n) is 5.14. The zero-order valence-electron chi connectivity index (χ0n) is 13.3. The van der Waals surface area contributed by atoms with Crippen LogP contribution in [0.1, 0.15) is 18.9 Å². The molecule has 9 heteroatoms. The van der Waals surface area contributed by atoms with E-state index in [0.29, 0.717) is 5.56 Å². The molecule has 1 aromatic rings. The van der Waals surface area contributed by atoms with Gasteiger partial charge in [0.2, 0.25) is 0 Å². The van der Waals surface area contributed by atoms with Gasteiger partial charge in [-0.3, -0.25) is 24.8 Å². The number of barbiturate groups is 1. The Kier molecular flexibility index (Phi) is 6.56. The Morgan fingerprint density at radius 3 is 2.29 bits per heavy atom. The molecule has 1 saturated heterocycles. The predicted octanol–water partition coefficient (Wildman–Crippen LogP) is 1.92. The van der Waals surface area contributed by atoms with E-state index in [1.165, 1.54) is 7.05 Å². The number of imide groups is 2. The number of hydrogen-bond donors (Lipinski definition) is 2.